The molecule has 2 aliphatic rings. The Morgan fingerprint density at radius 1 is 1.13 bits per heavy atom. The summed E-state index contributed by atoms with van der Waals surface area (Å²) in [5.74, 6) is -0.478. The number of benzene rings is 2. The maximum absolute atomic E-state index is 11.9. The molecule has 0 amide bonds. The Morgan fingerprint density at radius 2 is 1.83 bits per heavy atom. The van der Waals surface area contributed by atoms with Gasteiger partial charge in [-0.15, -0.1) is 0 Å². The van der Waals surface area contributed by atoms with Gasteiger partial charge in [-0.05, 0) is 17.7 Å². The summed E-state index contributed by atoms with van der Waals surface area (Å²) in [6.07, 6.45) is -2.52. The molecule has 0 N–H and O–H groups in total. The molecule has 2 saturated heterocycles. The highest BCUT2D eigenvalue weighted by atomic mass is 32.2. The van der Waals surface area contributed by atoms with Crippen molar-refractivity contribution in [3.8, 4) is 0 Å². The molecule has 9 heteroatoms. The van der Waals surface area contributed by atoms with Gasteiger partial charge in [0, 0.05) is 22.3 Å². The summed E-state index contributed by atoms with van der Waals surface area (Å²) in [7, 11) is 0. The fourth-order valence-electron chi connectivity index (χ4n) is 3.58. The molecular weight excluding hydrogens is 406 g/mol. The van der Waals surface area contributed by atoms with E-state index in [1.807, 2.05) is 60.7 Å². The molecule has 0 bridgehead atoms. The molecule has 2 heterocycles. The molecule has 0 unspecified atom stereocenters. The number of ether oxygens (including phenoxy) is 4. The van der Waals surface area contributed by atoms with Crippen molar-refractivity contribution in [2.75, 3.05) is 6.61 Å². The predicted molar refractivity (Wildman–Crippen MR) is 109 cm³/mol. The third-order valence-corrected chi connectivity index (χ3v) is 6.03. The third kappa shape index (κ3) is 4.61. The number of rotatable bonds is 5. The Kier molecular flexibility index (Phi) is 6.56. The molecule has 6 atom stereocenters. The van der Waals surface area contributed by atoms with E-state index in [0.29, 0.717) is 0 Å². The summed E-state index contributed by atoms with van der Waals surface area (Å²) >= 11 is 1.41. The SMILES string of the molecule is CC(=O)O[C@@H]1[C@@H](N=[N+]=[N-])[C@H](Sc2ccccc2)O[C@@H]2CO[C@@H](c3ccccc3)O[C@@H]12. The molecule has 0 aliphatic carbocycles. The smallest absolute Gasteiger partial charge is 0.303 e. The van der Waals surface area contributed by atoms with Gasteiger partial charge in [-0.2, -0.15) is 0 Å². The summed E-state index contributed by atoms with van der Waals surface area (Å²) in [4.78, 5) is 15.8. The van der Waals surface area contributed by atoms with Crippen LogP contribution in [-0.4, -0.2) is 42.4 Å². The van der Waals surface area contributed by atoms with Crippen molar-refractivity contribution in [2.24, 2.45) is 5.11 Å². The topological polar surface area (TPSA) is 103 Å². The molecule has 2 aromatic carbocycles. The van der Waals surface area contributed by atoms with Crippen molar-refractivity contribution in [1.82, 2.24) is 0 Å². The normalized spacial score (nSPS) is 30.6. The van der Waals surface area contributed by atoms with Gasteiger partial charge in [0.2, 0.25) is 0 Å². The number of carbonyl (C=O) groups is 1. The number of carbonyl (C=O) groups excluding carboxylic acids is 1. The zero-order valence-electron chi connectivity index (χ0n) is 16.2. The monoisotopic (exact) mass is 427 g/mol. The Bertz CT molecular complexity index is 909. The maximum atomic E-state index is 11.9. The number of azide groups is 1. The number of nitrogens with zero attached hydrogens (tertiary/aromatic N) is 3. The van der Waals surface area contributed by atoms with Crippen LogP contribution in [0.15, 0.2) is 70.7 Å². The summed E-state index contributed by atoms with van der Waals surface area (Å²) in [5.41, 5.74) is 9.45. The lowest BCUT2D eigenvalue weighted by Crippen LogP contribution is -2.61. The van der Waals surface area contributed by atoms with Gasteiger partial charge in [-0.25, -0.2) is 0 Å². The zero-order valence-corrected chi connectivity index (χ0v) is 17.1. The van der Waals surface area contributed by atoms with Crippen LogP contribution in [0.4, 0.5) is 0 Å². The minimum absolute atomic E-state index is 0.261. The lowest BCUT2D eigenvalue weighted by Gasteiger charge is -2.47. The molecule has 0 aromatic heterocycles. The van der Waals surface area contributed by atoms with E-state index in [1.54, 1.807) is 0 Å². The van der Waals surface area contributed by atoms with E-state index in [1.165, 1.54) is 18.7 Å². The first-order valence-corrected chi connectivity index (χ1v) is 10.4. The molecule has 30 heavy (non-hydrogen) atoms. The number of esters is 1. The average molecular weight is 427 g/mol. The van der Waals surface area contributed by atoms with Crippen LogP contribution in [0.3, 0.4) is 0 Å². The Balaban J connectivity index is 1.61. The minimum Gasteiger partial charge on any atom is -0.459 e. The number of fused-ring (bicyclic) bond motifs is 1. The highest BCUT2D eigenvalue weighted by Crippen LogP contribution is 2.41. The Labute approximate surface area is 178 Å². The van der Waals surface area contributed by atoms with Crippen LogP contribution in [0.5, 0.6) is 0 Å². The second-order valence-corrected chi connectivity index (χ2v) is 8.09. The van der Waals surface area contributed by atoms with Gasteiger partial charge in [0.15, 0.2) is 6.29 Å². The molecule has 2 aromatic rings. The van der Waals surface area contributed by atoms with Crippen molar-refractivity contribution in [3.63, 3.8) is 0 Å². The van der Waals surface area contributed by atoms with E-state index in [2.05, 4.69) is 10.0 Å². The minimum atomic E-state index is -0.798. The third-order valence-electron chi connectivity index (χ3n) is 4.86. The summed E-state index contributed by atoms with van der Waals surface area (Å²) in [6.45, 7) is 1.59. The van der Waals surface area contributed by atoms with E-state index >= 15 is 0 Å². The van der Waals surface area contributed by atoms with Gasteiger partial charge in [-0.3, -0.25) is 4.79 Å². The van der Waals surface area contributed by atoms with Crippen LogP contribution < -0.4 is 0 Å². The lowest BCUT2D eigenvalue weighted by atomic mass is 9.97. The summed E-state index contributed by atoms with van der Waals surface area (Å²) in [5, 5.41) is 3.92. The van der Waals surface area contributed by atoms with Crippen LogP contribution in [0.2, 0.25) is 0 Å². The van der Waals surface area contributed by atoms with Gasteiger partial charge < -0.3 is 18.9 Å². The predicted octanol–water partition coefficient (Wildman–Crippen LogP) is 4.23. The molecule has 156 valence electrons. The molecular formula is C21H21N3O5S. The van der Waals surface area contributed by atoms with E-state index in [0.717, 1.165) is 10.5 Å². The largest absolute Gasteiger partial charge is 0.459 e. The Hall–Kier alpha value is -2.55. The van der Waals surface area contributed by atoms with Crippen LogP contribution in [0.1, 0.15) is 18.8 Å². The van der Waals surface area contributed by atoms with Gasteiger partial charge in [0.25, 0.3) is 0 Å². The van der Waals surface area contributed by atoms with E-state index in [-0.39, 0.29) is 6.61 Å². The molecule has 4 rings (SSSR count). The first-order valence-electron chi connectivity index (χ1n) is 9.56. The number of thioether (sulfide) groups is 1. The van der Waals surface area contributed by atoms with Gasteiger partial charge in [0.1, 0.15) is 29.8 Å². The summed E-state index contributed by atoms with van der Waals surface area (Å²) < 4.78 is 23.8. The zero-order chi connectivity index (χ0) is 20.9. The molecule has 2 fully saturated rings. The average Bonchev–Trinajstić information content (AvgIpc) is 2.77. The van der Waals surface area contributed by atoms with Gasteiger partial charge in [-0.1, -0.05) is 65.4 Å². The molecule has 2 aliphatic heterocycles. The van der Waals surface area contributed by atoms with Crippen molar-refractivity contribution in [1.29, 1.82) is 0 Å². The molecule has 8 nitrogen and oxygen atoms in total. The highest BCUT2D eigenvalue weighted by molar-refractivity contribution is 7.99. The van der Waals surface area contributed by atoms with E-state index in [4.69, 9.17) is 24.5 Å². The number of hydrogen-bond acceptors (Lipinski definition) is 7. The van der Waals surface area contributed by atoms with Crippen LogP contribution in [0, 0.1) is 0 Å². The van der Waals surface area contributed by atoms with Crippen molar-refractivity contribution in [2.45, 2.75) is 47.9 Å². The quantitative estimate of drug-likeness (QED) is 0.306. The molecule has 0 spiro atoms. The first kappa shape index (κ1) is 20.7. The van der Waals surface area contributed by atoms with Crippen LogP contribution in [-0.2, 0) is 23.7 Å². The fraction of sp³-hybridized carbons (Fsp3) is 0.381. The number of hydrogen-bond donors (Lipinski definition) is 0. The van der Waals surface area contributed by atoms with Crippen molar-refractivity contribution >= 4 is 17.7 Å². The maximum Gasteiger partial charge on any atom is 0.303 e. The molecule has 0 saturated carbocycles. The standard InChI is InChI=1S/C21H21N3O5S/c1-13(25)27-19-17(23-24-22)21(30-15-10-6-3-7-11-15)28-16-12-26-20(29-18(16)19)14-8-4-2-5-9-14/h2-11,16-21H,12H2,1H3/t16-,17-,18-,19-,20-,21+/m1/s1. The Morgan fingerprint density at radius 3 is 2.50 bits per heavy atom. The van der Waals surface area contributed by atoms with E-state index in [9.17, 15) is 4.79 Å². The first-order chi connectivity index (χ1) is 14.7. The van der Waals surface area contributed by atoms with Crippen LogP contribution in [0.25, 0.3) is 10.4 Å². The van der Waals surface area contributed by atoms with E-state index < -0.39 is 42.0 Å². The second kappa shape index (κ2) is 9.51. The van der Waals surface area contributed by atoms with Crippen molar-refractivity contribution < 1.29 is 23.7 Å². The second-order valence-electron chi connectivity index (χ2n) is 6.92. The van der Waals surface area contributed by atoms with Gasteiger partial charge >= 0.3 is 5.97 Å². The molecule has 0 radical (unpaired) electrons. The lowest BCUT2D eigenvalue weighted by molar-refractivity contribution is -0.306. The highest BCUT2D eigenvalue weighted by Gasteiger charge is 2.51. The van der Waals surface area contributed by atoms with Gasteiger partial charge in [0.05, 0.1) is 6.61 Å². The van der Waals surface area contributed by atoms with Crippen molar-refractivity contribution in [3.05, 3.63) is 76.7 Å². The summed E-state index contributed by atoms with van der Waals surface area (Å²) in [6, 6.07) is 18.3. The fourth-order valence-corrected chi connectivity index (χ4v) is 4.71. The van der Waals surface area contributed by atoms with Crippen LogP contribution >= 0.6 is 11.8 Å².